The number of rotatable bonds is 3. The van der Waals surface area contributed by atoms with Crippen molar-refractivity contribution in [3.63, 3.8) is 0 Å². The predicted molar refractivity (Wildman–Crippen MR) is 85.9 cm³/mol. The summed E-state index contributed by atoms with van der Waals surface area (Å²) in [6.45, 7) is 1.36. The fourth-order valence-electron chi connectivity index (χ4n) is 3.32. The Balaban J connectivity index is 1.75. The lowest BCUT2D eigenvalue weighted by Gasteiger charge is -2.25. The number of hydrogen-bond donors (Lipinski definition) is 1. The fourth-order valence-corrected chi connectivity index (χ4v) is 3.91. The maximum absolute atomic E-state index is 10.6. The van der Waals surface area contributed by atoms with Gasteiger partial charge in [-0.05, 0) is 30.0 Å². The van der Waals surface area contributed by atoms with Gasteiger partial charge in [0.2, 0.25) is 0 Å². The maximum Gasteiger partial charge on any atom is 0.162 e. The topological polar surface area (TPSA) is 38.7 Å². The van der Waals surface area contributed by atoms with Crippen LogP contribution in [0.15, 0.2) is 16.6 Å². The second kappa shape index (κ2) is 7.01. The third kappa shape index (κ3) is 3.72. The van der Waals surface area contributed by atoms with Gasteiger partial charge in [0.25, 0.3) is 0 Å². The molecule has 1 aromatic carbocycles. The van der Waals surface area contributed by atoms with Crippen molar-refractivity contribution in [2.45, 2.75) is 51.0 Å². The Kier molecular flexibility index (Phi) is 5.07. The predicted octanol–water partition coefficient (Wildman–Crippen LogP) is 4.61. The van der Waals surface area contributed by atoms with Crippen LogP contribution in [0.3, 0.4) is 0 Å². The summed E-state index contributed by atoms with van der Waals surface area (Å²) < 4.78 is 12.3. The highest BCUT2D eigenvalue weighted by Crippen LogP contribution is 2.40. The van der Waals surface area contributed by atoms with Crippen LogP contribution in [0.2, 0.25) is 0 Å². The highest BCUT2D eigenvalue weighted by Gasteiger charge is 2.22. The van der Waals surface area contributed by atoms with E-state index >= 15 is 0 Å². The summed E-state index contributed by atoms with van der Waals surface area (Å²) in [5.41, 5.74) is 0.921. The average molecular weight is 355 g/mol. The van der Waals surface area contributed by atoms with Crippen molar-refractivity contribution >= 4 is 15.9 Å². The summed E-state index contributed by atoms with van der Waals surface area (Å²) in [6, 6.07) is 3.87. The Bertz CT molecular complexity index is 483. The van der Waals surface area contributed by atoms with E-state index in [1.54, 1.807) is 0 Å². The first kappa shape index (κ1) is 15.2. The van der Waals surface area contributed by atoms with E-state index in [0.717, 1.165) is 34.4 Å². The van der Waals surface area contributed by atoms with Crippen molar-refractivity contribution in [3.8, 4) is 11.5 Å². The molecular formula is C17H23BrO3. The summed E-state index contributed by atoms with van der Waals surface area (Å²) >= 11 is 3.57. The molecule has 1 unspecified atom stereocenters. The van der Waals surface area contributed by atoms with Crippen LogP contribution >= 0.6 is 15.9 Å². The van der Waals surface area contributed by atoms with Gasteiger partial charge in [0, 0.05) is 10.9 Å². The van der Waals surface area contributed by atoms with Crippen LogP contribution in [0.25, 0.3) is 0 Å². The molecule has 0 aromatic heterocycles. The molecule has 116 valence electrons. The number of fused-ring (bicyclic) bond motifs is 1. The molecule has 1 heterocycles. The van der Waals surface area contributed by atoms with Gasteiger partial charge in [0.1, 0.15) is 0 Å². The van der Waals surface area contributed by atoms with Gasteiger partial charge in [-0.2, -0.15) is 0 Å². The fraction of sp³-hybridized carbons (Fsp3) is 0.647. The molecule has 1 saturated carbocycles. The number of aliphatic hydroxyl groups is 1. The molecule has 3 rings (SSSR count). The standard InChI is InChI=1S/C17H23BrO3/c18-14-11-17-16(20-7-4-8-21-17)10-13(14)15(19)9-12-5-2-1-3-6-12/h10-12,15,19H,1-9H2. The Morgan fingerprint density at radius 3 is 2.43 bits per heavy atom. The highest BCUT2D eigenvalue weighted by molar-refractivity contribution is 9.10. The van der Waals surface area contributed by atoms with E-state index in [9.17, 15) is 5.11 Å². The van der Waals surface area contributed by atoms with Crippen LogP contribution < -0.4 is 9.47 Å². The largest absolute Gasteiger partial charge is 0.490 e. The van der Waals surface area contributed by atoms with Crippen LogP contribution in [0.4, 0.5) is 0 Å². The molecule has 1 aliphatic heterocycles. The SMILES string of the molecule is OC(CC1CCCCC1)c1cc2c(cc1Br)OCCCO2. The Morgan fingerprint density at radius 1 is 1.05 bits per heavy atom. The normalized spacial score (nSPS) is 20.9. The smallest absolute Gasteiger partial charge is 0.162 e. The molecule has 2 aliphatic rings. The third-order valence-electron chi connectivity index (χ3n) is 4.51. The van der Waals surface area contributed by atoms with E-state index in [2.05, 4.69) is 15.9 Å². The maximum atomic E-state index is 10.6. The van der Waals surface area contributed by atoms with Gasteiger partial charge < -0.3 is 14.6 Å². The molecule has 1 N–H and O–H groups in total. The van der Waals surface area contributed by atoms with Crippen LogP contribution in [0.5, 0.6) is 11.5 Å². The summed E-state index contributed by atoms with van der Waals surface area (Å²) in [5.74, 6) is 2.18. The number of benzene rings is 1. The molecule has 0 amide bonds. The summed E-state index contributed by atoms with van der Waals surface area (Å²) in [6.07, 6.45) is 7.77. The molecule has 1 aromatic rings. The van der Waals surface area contributed by atoms with Crippen molar-refractivity contribution in [1.82, 2.24) is 0 Å². The second-order valence-electron chi connectivity index (χ2n) is 6.13. The van der Waals surface area contributed by atoms with E-state index in [-0.39, 0.29) is 0 Å². The molecular weight excluding hydrogens is 332 g/mol. The van der Waals surface area contributed by atoms with Crippen molar-refractivity contribution in [2.24, 2.45) is 5.92 Å². The monoisotopic (exact) mass is 354 g/mol. The summed E-state index contributed by atoms with van der Waals surface area (Å²) in [7, 11) is 0. The molecule has 4 heteroatoms. The molecule has 0 bridgehead atoms. The van der Waals surface area contributed by atoms with Crippen molar-refractivity contribution < 1.29 is 14.6 Å². The minimum absolute atomic E-state index is 0.431. The first-order valence-corrected chi connectivity index (χ1v) is 8.80. The molecule has 0 radical (unpaired) electrons. The summed E-state index contributed by atoms with van der Waals surface area (Å²) in [5, 5.41) is 10.6. The van der Waals surface area contributed by atoms with Crippen LogP contribution in [0.1, 0.15) is 56.6 Å². The minimum Gasteiger partial charge on any atom is -0.490 e. The van der Waals surface area contributed by atoms with Gasteiger partial charge in [0.05, 0.1) is 19.3 Å². The van der Waals surface area contributed by atoms with Gasteiger partial charge in [-0.1, -0.05) is 48.0 Å². The van der Waals surface area contributed by atoms with Crippen molar-refractivity contribution in [2.75, 3.05) is 13.2 Å². The Morgan fingerprint density at radius 2 is 1.71 bits per heavy atom. The van der Waals surface area contributed by atoms with E-state index in [0.29, 0.717) is 19.1 Å². The molecule has 21 heavy (non-hydrogen) atoms. The van der Waals surface area contributed by atoms with Crippen LogP contribution in [0, 0.1) is 5.92 Å². The zero-order valence-electron chi connectivity index (χ0n) is 12.3. The third-order valence-corrected chi connectivity index (χ3v) is 5.19. The van der Waals surface area contributed by atoms with E-state index in [4.69, 9.17) is 9.47 Å². The number of halogens is 1. The van der Waals surface area contributed by atoms with E-state index in [1.165, 1.54) is 32.1 Å². The number of ether oxygens (including phenoxy) is 2. The molecule has 1 fully saturated rings. The molecule has 0 spiro atoms. The number of aliphatic hydroxyl groups excluding tert-OH is 1. The lowest BCUT2D eigenvalue weighted by Crippen LogP contribution is -2.11. The van der Waals surface area contributed by atoms with Gasteiger partial charge in [0.15, 0.2) is 11.5 Å². The minimum atomic E-state index is -0.431. The van der Waals surface area contributed by atoms with Crippen molar-refractivity contribution in [1.29, 1.82) is 0 Å². The van der Waals surface area contributed by atoms with Gasteiger partial charge in [-0.15, -0.1) is 0 Å². The Hall–Kier alpha value is -0.740. The van der Waals surface area contributed by atoms with E-state index < -0.39 is 6.10 Å². The number of hydrogen-bond acceptors (Lipinski definition) is 3. The van der Waals surface area contributed by atoms with Gasteiger partial charge >= 0.3 is 0 Å². The zero-order chi connectivity index (χ0) is 14.7. The van der Waals surface area contributed by atoms with Crippen LogP contribution in [-0.2, 0) is 0 Å². The van der Waals surface area contributed by atoms with Gasteiger partial charge in [-0.25, -0.2) is 0 Å². The first-order valence-electron chi connectivity index (χ1n) is 8.01. The first-order chi connectivity index (χ1) is 10.2. The van der Waals surface area contributed by atoms with Crippen LogP contribution in [-0.4, -0.2) is 18.3 Å². The summed E-state index contributed by atoms with van der Waals surface area (Å²) in [4.78, 5) is 0. The highest BCUT2D eigenvalue weighted by atomic mass is 79.9. The molecule has 0 saturated heterocycles. The molecule has 3 nitrogen and oxygen atoms in total. The quantitative estimate of drug-likeness (QED) is 0.860. The molecule has 1 aliphatic carbocycles. The lowest BCUT2D eigenvalue weighted by atomic mass is 9.84. The zero-order valence-corrected chi connectivity index (χ0v) is 13.9. The Labute approximate surface area is 134 Å². The second-order valence-corrected chi connectivity index (χ2v) is 6.98. The van der Waals surface area contributed by atoms with E-state index in [1.807, 2.05) is 12.1 Å². The van der Waals surface area contributed by atoms with Gasteiger partial charge in [-0.3, -0.25) is 0 Å². The molecule has 1 atom stereocenters. The lowest BCUT2D eigenvalue weighted by molar-refractivity contribution is 0.130. The average Bonchev–Trinajstić information content (AvgIpc) is 2.72. The van der Waals surface area contributed by atoms with Crippen molar-refractivity contribution in [3.05, 3.63) is 22.2 Å².